The second-order valence-electron chi connectivity index (χ2n) is 7.51. The van der Waals surface area contributed by atoms with Crippen LogP contribution >= 0.6 is 0 Å². The first-order chi connectivity index (χ1) is 14.1. The number of hydrogen-bond acceptors (Lipinski definition) is 4. The quantitative estimate of drug-likeness (QED) is 0.429. The molecule has 0 fully saturated rings. The Kier molecular flexibility index (Phi) is 5.45. The summed E-state index contributed by atoms with van der Waals surface area (Å²) in [5, 5.41) is 12.1. The van der Waals surface area contributed by atoms with Crippen LogP contribution in [-0.4, -0.2) is 31.7 Å². The van der Waals surface area contributed by atoms with Crippen LogP contribution in [0.4, 0.5) is 0 Å². The molecule has 3 N–H and O–H groups in total. The van der Waals surface area contributed by atoms with Crippen LogP contribution in [-0.2, 0) is 13.0 Å². The molecule has 0 aliphatic rings. The molecule has 3 heterocycles. The molecule has 0 atom stereocenters. The normalized spacial score (nSPS) is 11.4. The number of aromatic amines is 2. The van der Waals surface area contributed by atoms with E-state index in [9.17, 15) is 0 Å². The maximum atomic E-state index is 4.79. The Labute approximate surface area is 171 Å². The van der Waals surface area contributed by atoms with Crippen LogP contribution in [0.25, 0.3) is 33.5 Å². The number of aryl methyl sites for hydroxylation is 3. The van der Waals surface area contributed by atoms with Crippen molar-refractivity contribution in [2.45, 2.75) is 47.1 Å². The molecule has 4 rings (SSSR count). The summed E-state index contributed by atoms with van der Waals surface area (Å²) in [6.07, 6.45) is 4.02. The highest BCUT2D eigenvalue weighted by Crippen LogP contribution is 2.31. The number of aromatic nitrogens is 5. The highest BCUT2D eigenvalue weighted by molar-refractivity contribution is 5.94. The van der Waals surface area contributed by atoms with Gasteiger partial charge in [0.05, 0.1) is 16.9 Å². The van der Waals surface area contributed by atoms with Gasteiger partial charge >= 0.3 is 0 Å². The van der Waals surface area contributed by atoms with Gasteiger partial charge in [0.1, 0.15) is 5.69 Å². The maximum Gasteiger partial charge on any atom is 0.159 e. The first-order valence-corrected chi connectivity index (χ1v) is 10.3. The average molecular weight is 389 g/mol. The molecule has 1 aromatic carbocycles. The van der Waals surface area contributed by atoms with Gasteiger partial charge in [0, 0.05) is 29.4 Å². The summed E-state index contributed by atoms with van der Waals surface area (Å²) in [5.41, 5.74) is 8.66. The molecule has 0 saturated carbocycles. The lowest BCUT2D eigenvalue weighted by atomic mass is 10.00. The fourth-order valence-electron chi connectivity index (χ4n) is 3.72. The lowest BCUT2D eigenvalue weighted by molar-refractivity contribution is 0.710. The zero-order valence-corrected chi connectivity index (χ0v) is 17.6. The van der Waals surface area contributed by atoms with Crippen molar-refractivity contribution >= 4 is 10.9 Å². The Morgan fingerprint density at radius 2 is 1.97 bits per heavy atom. The van der Waals surface area contributed by atoms with Crippen LogP contribution in [0.1, 0.15) is 42.9 Å². The Bertz CT molecular complexity index is 1140. The fourth-order valence-corrected chi connectivity index (χ4v) is 3.72. The Balaban J connectivity index is 1.73. The number of hydrogen-bond donors (Lipinski definition) is 3. The summed E-state index contributed by atoms with van der Waals surface area (Å²) in [7, 11) is 0. The molecule has 0 unspecified atom stereocenters. The Hall–Kier alpha value is -2.99. The van der Waals surface area contributed by atoms with E-state index in [2.05, 4.69) is 77.4 Å². The van der Waals surface area contributed by atoms with Crippen LogP contribution in [0.15, 0.2) is 30.5 Å². The van der Waals surface area contributed by atoms with Crippen LogP contribution in [0.3, 0.4) is 0 Å². The SMILES string of the molecule is CCCc1nc(-c2n[nH]c3ccc(-c4cnc(CNCC)cc4C)cc23)[nH]c1C. The molecule has 0 radical (unpaired) electrons. The standard InChI is InChI=1S/C23H28N6/c1-5-7-20-15(4)26-23(27-20)22-18-11-16(8-9-21(18)28-29-22)19-13-25-17(10-14(19)3)12-24-6-2/h8-11,13,24H,5-7,12H2,1-4H3,(H,26,27)(H,28,29). The van der Waals surface area contributed by atoms with E-state index in [1.807, 2.05) is 6.20 Å². The summed E-state index contributed by atoms with van der Waals surface area (Å²) in [5.74, 6) is 0.824. The molecule has 3 aromatic heterocycles. The summed E-state index contributed by atoms with van der Waals surface area (Å²) in [6, 6.07) is 8.54. The second-order valence-corrected chi connectivity index (χ2v) is 7.51. The Morgan fingerprint density at radius 1 is 1.10 bits per heavy atom. The molecule has 29 heavy (non-hydrogen) atoms. The van der Waals surface area contributed by atoms with Gasteiger partial charge < -0.3 is 10.3 Å². The smallest absolute Gasteiger partial charge is 0.159 e. The maximum absolute atomic E-state index is 4.79. The molecule has 6 heteroatoms. The lowest BCUT2D eigenvalue weighted by Crippen LogP contribution is -2.13. The second kappa shape index (κ2) is 8.17. The van der Waals surface area contributed by atoms with Crippen LogP contribution < -0.4 is 5.32 Å². The molecule has 0 spiro atoms. The summed E-state index contributed by atoms with van der Waals surface area (Å²) < 4.78 is 0. The van der Waals surface area contributed by atoms with Gasteiger partial charge in [0.2, 0.25) is 0 Å². The zero-order chi connectivity index (χ0) is 20.4. The number of nitrogens with one attached hydrogen (secondary N) is 3. The minimum absolute atomic E-state index is 0.792. The molecule has 0 amide bonds. The predicted octanol–water partition coefficient (Wildman–Crippen LogP) is 4.69. The number of rotatable bonds is 7. The van der Waals surface area contributed by atoms with Crippen molar-refractivity contribution in [3.63, 3.8) is 0 Å². The molecule has 4 aromatic rings. The number of H-pyrrole nitrogens is 2. The van der Waals surface area contributed by atoms with Gasteiger partial charge in [0.15, 0.2) is 5.82 Å². The van der Waals surface area contributed by atoms with Gasteiger partial charge in [-0.25, -0.2) is 4.98 Å². The molecule has 150 valence electrons. The summed E-state index contributed by atoms with van der Waals surface area (Å²) >= 11 is 0. The van der Waals surface area contributed by atoms with Crippen molar-refractivity contribution in [3.05, 3.63) is 53.1 Å². The molecule has 6 nitrogen and oxygen atoms in total. The number of imidazole rings is 1. The van der Waals surface area contributed by atoms with E-state index in [1.54, 1.807) is 0 Å². The zero-order valence-electron chi connectivity index (χ0n) is 17.6. The molecule has 0 aliphatic carbocycles. The van der Waals surface area contributed by atoms with E-state index in [0.717, 1.165) is 76.6 Å². The highest BCUT2D eigenvalue weighted by Gasteiger charge is 2.15. The minimum atomic E-state index is 0.792. The summed E-state index contributed by atoms with van der Waals surface area (Å²) in [6.45, 7) is 10.2. The van der Waals surface area contributed by atoms with Gasteiger partial charge in [0.25, 0.3) is 0 Å². The van der Waals surface area contributed by atoms with Crippen molar-refractivity contribution in [1.82, 2.24) is 30.5 Å². The first-order valence-electron chi connectivity index (χ1n) is 10.3. The third-order valence-corrected chi connectivity index (χ3v) is 5.29. The van der Waals surface area contributed by atoms with E-state index in [-0.39, 0.29) is 0 Å². The predicted molar refractivity (Wildman–Crippen MR) is 118 cm³/mol. The van der Waals surface area contributed by atoms with E-state index in [0.29, 0.717) is 0 Å². The van der Waals surface area contributed by atoms with E-state index in [1.165, 1.54) is 5.56 Å². The molecular formula is C23H28N6. The third kappa shape index (κ3) is 3.80. The number of nitrogens with zero attached hydrogens (tertiary/aromatic N) is 3. The minimum Gasteiger partial charge on any atom is -0.340 e. The van der Waals surface area contributed by atoms with Crippen molar-refractivity contribution in [2.75, 3.05) is 6.54 Å². The average Bonchev–Trinajstić information content (AvgIpc) is 3.29. The van der Waals surface area contributed by atoms with Gasteiger partial charge in [-0.1, -0.05) is 26.3 Å². The van der Waals surface area contributed by atoms with Crippen LogP contribution in [0.5, 0.6) is 0 Å². The van der Waals surface area contributed by atoms with Crippen LogP contribution in [0.2, 0.25) is 0 Å². The van der Waals surface area contributed by atoms with E-state index in [4.69, 9.17) is 4.98 Å². The molecular weight excluding hydrogens is 360 g/mol. The number of fused-ring (bicyclic) bond motifs is 1. The van der Waals surface area contributed by atoms with Crippen molar-refractivity contribution in [2.24, 2.45) is 0 Å². The van der Waals surface area contributed by atoms with Gasteiger partial charge in [-0.2, -0.15) is 5.10 Å². The van der Waals surface area contributed by atoms with E-state index >= 15 is 0 Å². The number of pyridine rings is 1. The molecule has 0 aliphatic heterocycles. The van der Waals surface area contributed by atoms with Crippen LogP contribution in [0, 0.1) is 13.8 Å². The molecule has 0 saturated heterocycles. The van der Waals surface area contributed by atoms with Gasteiger partial charge in [-0.15, -0.1) is 0 Å². The lowest BCUT2D eigenvalue weighted by Gasteiger charge is -2.09. The monoisotopic (exact) mass is 388 g/mol. The van der Waals surface area contributed by atoms with Gasteiger partial charge in [-0.05, 0) is 56.1 Å². The Morgan fingerprint density at radius 3 is 2.72 bits per heavy atom. The molecule has 0 bridgehead atoms. The summed E-state index contributed by atoms with van der Waals surface area (Å²) in [4.78, 5) is 12.8. The van der Waals surface area contributed by atoms with Crippen molar-refractivity contribution in [1.29, 1.82) is 0 Å². The largest absolute Gasteiger partial charge is 0.340 e. The number of benzene rings is 1. The topological polar surface area (TPSA) is 82.3 Å². The first kappa shape index (κ1) is 19.3. The van der Waals surface area contributed by atoms with Gasteiger partial charge in [-0.3, -0.25) is 10.1 Å². The third-order valence-electron chi connectivity index (χ3n) is 5.29. The van der Waals surface area contributed by atoms with Crippen molar-refractivity contribution in [3.8, 4) is 22.6 Å². The highest BCUT2D eigenvalue weighted by atomic mass is 15.1. The van der Waals surface area contributed by atoms with Crippen molar-refractivity contribution < 1.29 is 0 Å². The van der Waals surface area contributed by atoms with E-state index < -0.39 is 0 Å². The fraction of sp³-hybridized carbons (Fsp3) is 0.348.